The third kappa shape index (κ3) is 2.84. The zero-order valence-electron chi connectivity index (χ0n) is 11.7. The fourth-order valence-electron chi connectivity index (χ4n) is 2.15. The Labute approximate surface area is 122 Å². The number of carbonyl (C=O) groups is 1. The zero-order chi connectivity index (χ0) is 14.7. The highest BCUT2D eigenvalue weighted by molar-refractivity contribution is 6.01. The Morgan fingerprint density at radius 1 is 1.10 bits per heavy atom. The lowest BCUT2D eigenvalue weighted by atomic mass is 10.2. The number of hydrogen-bond acceptors (Lipinski definition) is 2. The summed E-state index contributed by atoms with van der Waals surface area (Å²) in [5.41, 5.74) is 2.83. The van der Waals surface area contributed by atoms with E-state index in [0.29, 0.717) is 5.95 Å². The molecule has 21 heavy (non-hydrogen) atoms. The largest absolute Gasteiger partial charge is 0.313 e. The van der Waals surface area contributed by atoms with Gasteiger partial charge in [0.05, 0.1) is 11.0 Å². The highest BCUT2D eigenvalue weighted by atomic mass is 16.1. The maximum atomic E-state index is 12.0. The molecule has 2 aromatic carbocycles. The number of benzene rings is 2. The molecule has 104 valence electrons. The summed E-state index contributed by atoms with van der Waals surface area (Å²) < 4.78 is 1.86. The Morgan fingerprint density at radius 2 is 1.81 bits per heavy atom. The zero-order valence-corrected chi connectivity index (χ0v) is 11.7. The number of amides is 1. The highest BCUT2D eigenvalue weighted by Gasteiger charge is 2.08. The standard InChI is InChI=1S/C17H15N3O/c1-20-15-10-6-5-9-14(15)18-17(20)19-16(21)12-11-13-7-3-2-4-8-13/h2-12H,1H3,(H,18,19,21). The Bertz CT molecular complexity index is 803. The number of hydrogen-bond donors (Lipinski definition) is 1. The van der Waals surface area contributed by atoms with Crippen molar-refractivity contribution in [3.05, 3.63) is 66.2 Å². The van der Waals surface area contributed by atoms with Crippen LogP contribution in [0.1, 0.15) is 5.56 Å². The van der Waals surface area contributed by atoms with Gasteiger partial charge in [0.15, 0.2) is 0 Å². The van der Waals surface area contributed by atoms with Crippen LogP contribution in [0.5, 0.6) is 0 Å². The molecule has 3 aromatic rings. The molecule has 0 aliphatic rings. The molecule has 4 nitrogen and oxygen atoms in total. The van der Waals surface area contributed by atoms with Gasteiger partial charge in [-0.05, 0) is 23.8 Å². The van der Waals surface area contributed by atoms with E-state index in [4.69, 9.17) is 0 Å². The number of rotatable bonds is 3. The summed E-state index contributed by atoms with van der Waals surface area (Å²) in [6.07, 6.45) is 3.28. The molecular weight excluding hydrogens is 262 g/mol. The monoisotopic (exact) mass is 277 g/mol. The number of carbonyl (C=O) groups excluding carboxylic acids is 1. The molecule has 0 unspecified atom stereocenters. The number of nitrogens with one attached hydrogen (secondary N) is 1. The second-order valence-electron chi connectivity index (χ2n) is 4.72. The second-order valence-corrected chi connectivity index (χ2v) is 4.72. The molecule has 4 heteroatoms. The molecule has 1 aromatic heterocycles. The number of aryl methyl sites for hydroxylation is 1. The van der Waals surface area contributed by atoms with Crippen LogP contribution in [0, 0.1) is 0 Å². The van der Waals surface area contributed by atoms with Gasteiger partial charge < -0.3 is 4.57 Å². The molecule has 0 atom stereocenters. The Balaban J connectivity index is 1.77. The SMILES string of the molecule is Cn1c(NC(=O)C=Cc2ccccc2)nc2ccccc21. The molecule has 3 rings (SSSR count). The predicted molar refractivity (Wildman–Crippen MR) is 84.8 cm³/mol. The van der Waals surface area contributed by atoms with Gasteiger partial charge in [-0.3, -0.25) is 10.1 Å². The quantitative estimate of drug-likeness (QED) is 0.747. The number of anilines is 1. The Hall–Kier alpha value is -2.88. The van der Waals surface area contributed by atoms with Crippen molar-refractivity contribution in [1.82, 2.24) is 9.55 Å². The summed E-state index contributed by atoms with van der Waals surface area (Å²) >= 11 is 0. The van der Waals surface area contributed by atoms with Gasteiger partial charge in [-0.1, -0.05) is 42.5 Å². The summed E-state index contributed by atoms with van der Waals surface area (Å²) in [5.74, 6) is 0.344. The second kappa shape index (κ2) is 5.63. The number of fused-ring (bicyclic) bond motifs is 1. The molecule has 0 aliphatic carbocycles. The van der Waals surface area contributed by atoms with Crippen LogP contribution in [0.25, 0.3) is 17.1 Å². The van der Waals surface area contributed by atoms with E-state index < -0.39 is 0 Å². The lowest BCUT2D eigenvalue weighted by Crippen LogP contribution is -2.11. The molecular formula is C17H15N3O. The molecule has 1 heterocycles. The van der Waals surface area contributed by atoms with Crippen LogP contribution in [0.15, 0.2) is 60.7 Å². The van der Waals surface area contributed by atoms with E-state index in [1.54, 1.807) is 6.08 Å². The van der Waals surface area contributed by atoms with Crippen LogP contribution < -0.4 is 5.32 Å². The average Bonchev–Trinajstić information content (AvgIpc) is 2.83. The first-order chi connectivity index (χ1) is 10.2. The van der Waals surface area contributed by atoms with Gasteiger partial charge in [0, 0.05) is 13.1 Å². The highest BCUT2D eigenvalue weighted by Crippen LogP contribution is 2.17. The molecule has 1 N–H and O–H groups in total. The minimum Gasteiger partial charge on any atom is -0.313 e. The summed E-state index contributed by atoms with van der Waals surface area (Å²) in [7, 11) is 1.88. The molecule has 0 aliphatic heterocycles. The summed E-state index contributed by atoms with van der Waals surface area (Å²) in [6, 6.07) is 17.5. The van der Waals surface area contributed by atoms with Crippen molar-refractivity contribution in [2.75, 3.05) is 5.32 Å². The number of para-hydroxylation sites is 2. The van der Waals surface area contributed by atoms with Crippen molar-refractivity contribution in [3.8, 4) is 0 Å². The predicted octanol–water partition coefficient (Wildman–Crippen LogP) is 3.23. The summed E-state index contributed by atoms with van der Waals surface area (Å²) in [6.45, 7) is 0. The van der Waals surface area contributed by atoms with Crippen molar-refractivity contribution >= 4 is 29.0 Å². The molecule has 0 fully saturated rings. The molecule has 1 amide bonds. The number of imidazole rings is 1. The third-order valence-electron chi connectivity index (χ3n) is 3.25. The smallest absolute Gasteiger partial charge is 0.250 e. The van der Waals surface area contributed by atoms with E-state index in [9.17, 15) is 4.79 Å². The van der Waals surface area contributed by atoms with Gasteiger partial charge in [0.25, 0.3) is 5.91 Å². The molecule has 0 radical (unpaired) electrons. The topological polar surface area (TPSA) is 46.9 Å². The molecule has 0 saturated heterocycles. The summed E-state index contributed by atoms with van der Waals surface area (Å²) in [4.78, 5) is 16.4. The van der Waals surface area contributed by atoms with Gasteiger partial charge in [-0.2, -0.15) is 0 Å². The first-order valence-electron chi connectivity index (χ1n) is 6.69. The van der Waals surface area contributed by atoms with Crippen molar-refractivity contribution in [2.24, 2.45) is 7.05 Å². The lowest BCUT2D eigenvalue weighted by Gasteiger charge is -2.02. The Morgan fingerprint density at radius 3 is 2.57 bits per heavy atom. The first-order valence-corrected chi connectivity index (χ1v) is 6.69. The first kappa shape index (κ1) is 13.1. The van der Waals surface area contributed by atoms with Crippen LogP contribution in [-0.4, -0.2) is 15.5 Å². The van der Waals surface area contributed by atoms with Crippen LogP contribution in [0.4, 0.5) is 5.95 Å². The van der Waals surface area contributed by atoms with Gasteiger partial charge in [0.2, 0.25) is 5.95 Å². The van der Waals surface area contributed by atoms with Crippen molar-refractivity contribution in [3.63, 3.8) is 0 Å². The average molecular weight is 277 g/mol. The Kier molecular flexibility index (Phi) is 3.51. The summed E-state index contributed by atoms with van der Waals surface area (Å²) in [5, 5.41) is 2.80. The van der Waals surface area contributed by atoms with Crippen LogP contribution in [-0.2, 0) is 11.8 Å². The number of aromatic nitrogens is 2. The van der Waals surface area contributed by atoms with E-state index in [2.05, 4.69) is 10.3 Å². The van der Waals surface area contributed by atoms with Gasteiger partial charge in [-0.15, -0.1) is 0 Å². The lowest BCUT2D eigenvalue weighted by molar-refractivity contribution is -0.111. The number of nitrogens with zero attached hydrogens (tertiary/aromatic N) is 2. The van der Waals surface area contributed by atoms with Crippen LogP contribution in [0.3, 0.4) is 0 Å². The molecule has 0 saturated carbocycles. The fourth-order valence-corrected chi connectivity index (χ4v) is 2.15. The van der Waals surface area contributed by atoms with E-state index in [1.165, 1.54) is 6.08 Å². The van der Waals surface area contributed by atoms with Crippen molar-refractivity contribution < 1.29 is 4.79 Å². The maximum absolute atomic E-state index is 12.0. The van der Waals surface area contributed by atoms with Crippen molar-refractivity contribution in [2.45, 2.75) is 0 Å². The van der Waals surface area contributed by atoms with Gasteiger partial charge >= 0.3 is 0 Å². The molecule has 0 bridgehead atoms. The maximum Gasteiger partial charge on any atom is 0.250 e. The van der Waals surface area contributed by atoms with E-state index in [0.717, 1.165) is 16.6 Å². The van der Waals surface area contributed by atoms with E-state index in [-0.39, 0.29) is 5.91 Å². The van der Waals surface area contributed by atoms with Crippen LogP contribution in [0.2, 0.25) is 0 Å². The van der Waals surface area contributed by atoms with Gasteiger partial charge in [0.1, 0.15) is 0 Å². The van der Waals surface area contributed by atoms with Gasteiger partial charge in [-0.25, -0.2) is 4.98 Å². The normalized spacial score (nSPS) is 11.1. The fraction of sp³-hybridized carbons (Fsp3) is 0.0588. The third-order valence-corrected chi connectivity index (χ3v) is 3.25. The van der Waals surface area contributed by atoms with E-state index >= 15 is 0 Å². The van der Waals surface area contributed by atoms with E-state index in [1.807, 2.05) is 66.2 Å². The van der Waals surface area contributed by atoms with Crippen molar-refractivity contribution in [1.29, 1.82) is 0 Å². The molecule has 0 spiro atoms. The van der Waals surface area contributed by atoms with Crippen LogP contribution >= 0.6 is 0 Å². The minimum atomic E-state index is -0.197. The minimum absolute atomic E-state index is 0.197.